The van der Waals surface area contributed by atoms with Gasteiger partial charge in [-0.2, -0.15) is 0 Å². The predicted octanol–water partition coefficient (Wildman–Crippen LogP) is 5.83. The number of H-pyrrole nitrogens is 1. The Bertz CT molecular complexity index is 1070. The highest BCUT2D eigenvalue weighted by molar-refractivity contribution is 5.86. The van der Waals surface area contributed by atoms with E-state index >= 15 is 0 Å². The van der Waals surface area contributed by atoms with Gasteiger partial charge in [0.05, 0.1) is 17.9 Å². The van der Waals surface area contributed by atoms with Gasteiger partial charge in [-0.1, -0.05) is 49.2 Å². The van der Waals surface area contributed by atoms with Crippen LogP contribution in [0, 0.1) is 0 Å². The fraction of sp³-hybridized carbons (Fsp3) is 0.400. The molecule has 1 atom stereocenters. The molecule has 1 aromatic heterocycles. The van der Waals surface area contributed by atoms with Crippen molar-refractivity contribution in [3.05, 3.63) is 54.5 Å². The lowest BCUT2D eigenvalue weighted by molar-refractivity contribution is -0.137. The Hall–Kier alpha value is -3.35. The predicted molar refractivity (Wildman–Crippen MR) is 124 cm³/mol. The van der Waals surface area contributed by atoms with Crippen LogP contribution in [0.3, 0.4) is 0 Å². The number of nitrogens with zero attached hydrogens (tertiary/aromatic N) is 1. The van der Waals surface area contributed by atoms with Crippen LogP contribution in [0.25, 0.3) is 22.0 Å². The molecule has 0 radical (unpaired) electrons. The Morgan fingerprint density at radius 3 is 2.56 bits per heavy atom. The molecule has 0 unspecified atom stereocenters. The van der Waals surface area contributed by atoms with Gasteiger partial charge in [0.1, 0.15) is 11.4 Å². The van der Waals surface area contributed by atoms with E-state index < -0.39 is 17.7 Å². The summed E-state index contributed by atoms with van der Waals surface area (Å²) in [4.78, 5) is 31.0. The van der Waals surface area contributed by atoms with Crippen molar-refractivity contribution in [2.75, 3.05) is 0 Å². The maximum absolute atomic E-state index is 12.4. The molecule has 3 aromatic rings. The third-order valence-electron chi connectivity index (χ3n) is 5.06. The first-order valence-electron chi connectivity index (χ1n) is 11.0. The van der Waals surface area contributed by atoms with Crippen LogP contribution in [0.2, 0.25) is 0 Å². The summed E-state index contributed by atoms with van der Waals surface area (Å²) in [5.41, 5.74) is 1.28. The first-order valence-corrected chi connectivity index (χ1v) is 11.0. The van der Waals surface area contributed by atoms with E-state index in [0.29, 0.717) is 18.7 Å². The molecule has 7 heteroatoms. The smallest absolute Gasteiger partial charge is 0.408 e. The number of fused-ring (bicyclic) bond motifs is 1. The summed E-state index contributed by atoms with van der Waals surface area (Å²) < 4.78 is 5.42. The lowest BCUT2D eigenvalue weighted by Gasteiger charge is -2.23. The molecule has 170 valence electrons. The van der Waals surface area contributed by atoms with Crippen LogP contribution in [-0.4, -0.2) is 32.7 Å². The Balaban J connectivity index is 1.74. The third kappa shape index (κ3) is 6.83. The van der Waals surface area contributed by atoms with Crippen molar-refractivity contribution in [2.24, 2.45) is 0 Å². The van der Waals surface area contributed by atoms with Crippen LogP contribution in [0.5, 0.6) is 0 Å². The summed E-state index contributed by atoms with van der Waals surface area (Å²) in [7, 11) is 0. The molecular weight excluding hydrogens is 406 g/mol. The number of aliphatic carboxylic acids is 1. The summed E-state index contributed by atoms with van der Waals surface area (Å²) >= 11 is 0. The number of amides is 1. The maximum atomic E-state index is 12.4. The molecule has 0 aliphatic carbocycles. The fourth-order valence-corrected chi connectivity index (χ4v) is 3.55. The second-order valence-electron chi connectivity index (χ2n) is 8.94. The summed E-state index contributed by atoms with van der Waals surface area (Å²) in [5, 5.41) is 14.0. The second kappa shape index (κ2) is 10.3. The van der Waals surface area contributed by atoms with Crippen LogP contribution >= 0.6 is 0 Å². The van der Waals surface area contributed by atoms with Gasteiger partial charge in [0.15, 0.2) is 0 Å². The molecule has 0 aliphatic heterocycles. The van der Waals surface area contributed by atoms with Gasteiger partial charge >= 0.3 is 12.1 Å². The number of carbonyl (C=O) groups is 2. The molecule has 7 nitrogen and oxygen atoms in total. The normalized spacial score (nSPS) is 12.5. The number of imidazole rings is 1. The molecule has 0 saturated carbocycles. The standard InChI is InChI=1S/C25H31N3O4/c1-25(2,3)32-24(31)28-20(11-5-4-6-12-22(29)30)23-26-16-21(27-23)19-14-13-17-9-7-8-10-18(17)15-19/h7-10,13-16,20H,4-6,11-12H2,1-3H3,(H,26,27)(H,28,31)(H,29,30)/t20-/m0/s1. The third-order valence-corrected chi connectivity index (χ3v) is 5.06. The zero-order valence-electron chi connectivity index (χ0n) is 18.9. The Morgan fingerprint density at radius 1 is 1.09 bits per heavy atom. The highest BCUT2D eigenvalue weighted by Crippen LogP contribution is 2.26. The minimum Gasteiger partial charge on any atom is -0.481 e. The average molecular weight is 438 g/mol. The molecule has 32 heavy (non-hydrogen) atoms. The number of alkyl carbamates (subject to hydrolysis) is 1. The van der Waals surface area contributed by atoms with E-state index in [2.05, 4.69) is 39.6 Å². The second-order valence-corrected chi connectivity index (χ2v) is 8.94. The van der Waals surface area contributed by atoms with Crippen molar-refractivity contribution in [1.82, 2.24) is 15.3 Å². The molecular formula is C25H31N3O4. The first-order chi connectivity index (χ1) is 15.2. The number of carboxylic acids is 1. The Morgan fingerprint density at radius 2 is 1.84 bits per heavy atom. The van der Waals surface area contributed by atoms with Crippen LogP contribution in [-0.2, 0) is 9.53 Å². The highest BCUT2D eigenvalue weighted by Gasteiger charge is 2.22. The number of hydrogen-bond donors (Lipinski definition) is 3. The summed E-state index contributed by atoms with van der Waals surface area (Å²) in [6.45, 7) is 5.45. The summed E-state index contributed by atoms with van der Waals surface area (Å²) in [6.07, 6.45) is 4.18. The lowest BCUT2D eigenvalue weighted by Crippen LogP contribution is -2.35. The molecule has 1 heterocycles. The largest absolute Gasteiger partial charge is 0.481 e. The van der Waals surface area contributed by atoms with E-state index in [4.69, 9.17) is 9.84 Å². The van der Waals surface area contributed by atoms with Gasteiger partial charge in [-0.05, 0) is 50.5 Å². The SMILES string of the molecule is CC(C)(C)OC(=O)N[C@@H](CCCCCC(=O)O)c1ncc(-c2ccc3ccccc3c2)[nH]1. The summed E-state index contributed by atoms with van der Waals surface area (Å²) in [5.74, 6) is -0.142. The van der Waals surface area contributed by atoms with Crippen molar-refractivity contribution < 1.29 is 19.4 Å². The average Bonchev–Trinajstić information content (AvgIpc) is 3.21. The van der Waals surface area contributed by atoms with Gasteiger partial charge < -0.3 is 20.1 Å². The van der Waals surface area contributed by atoms with Gasteiger partial charge in [-0.15, -0.1) is 0 Å². The maximum Gasteiger partial charge on any atom is 0.408 e. The lowest BCUT2D eigenvalue weighted by atomic mass is 10.1. The quantitative estimate of drug-likeness (QED) is 0.365. The minimum atomic E-state index is -0.792. The van der Waals surface area contributed by atoms with Gasteiger partial charge in [0.25, 0.3) is 0 Å². The zero-order valence-corrected chi connectivity index (χ0v) is 18.9. The highest BCUT2D eigenvalue weighted by atomic mass is 16.6. The van der Waals surface area contributed by atoms with Gasteiger partial charge in [0.2, 0.25) is 0 Å². The number of benzene rings is 2. The van der Waals surface area contributed by atoms with Gasteiger partial charge in [-0.25, -0.2) is 9.78 Å². The molecule has 3 rings (SSSR count). The molecule has 3 N–H and O–H groups in total. The van der Waals surface area contributed by atoms with Crippen LogP contribution in [0.1, 0.15) is 64.7 Å². The number of nitrogens with one attached hydrogen (secondary N) is 2. The number of unbranched alkanes of at least 4 members (excludes halogenated alkanes) is 2. The number of rotatable bonds is 9. The summed E-state index contributed by atoms with van der Waals surface area (Å²) in [6, 6.07) is 14.0. The van der Waals surface area contributed by atoms with Gasteiger partial charge in [0, 0.05) is 12.0 Å². The Kier molecular flexibility index (Phi) is 7.51. The minimum absolute atomic E-state index is 0.150. The van der Waals surface area contributed by atoms with Crippen molar-refractivity contribution >= 4 is 22.8 Å². The van der Waals surface area contributed by atoms with Crippen molar-refractivity contribution in [2.45, 2.75) is 64.5 Å². The van der Waals surface area contributed by atoms with E-state index in [-0.39, 0.29) is 12.5 Å². The van der Waals surface area contributed by atoms with E-state index in [1.807, 2.05) is 39.0 Å². The number of carbonyl (C=O) groups excluding carboxylic acids is 1. The van der Waals surface area contributed by atoms with Gasteiger partial charge in [-0.3, -0.25) is 4.79 Å². The number of carboxylic acid groups (broad SMARTS) is 1. The van der Waals surface area contributed by atoms with Crippen molar-refractivity contribution in [3.63, 3.8) is 0 Å². The number of ether oxygens (including phenoxy) is 1. The van der Waals surface area contributed by atoms with Crippen LogP contribution in [0.15, 0.2) is 48.7 Å². The molecule has 0 aliphatic rings. The van der Waals surface area contributed by atoms with E-state index in [0.717, 1.165) is 29.5 Å². The van der Waals surface area contributed by atoms with Crippen molar-refractivity contribution in [1.29, 1.82) is 0 Å². The molecule has 0 spiro atoms. The Labute approximate surface area is 188 Å². The monoisotopic (exact) mass is 437 g/mol. The molecule has 0 bridgehead atoms. The zero-order chi connectivity index (χ0) is 23.1. The molecule has 0 saturated heterocycles. The molecule has 0 fully saturated rings. The van der Waals surface area contributed by atoms with Crippen molar-refractivity contribution in [3.8, 4) is 11.3 Å². The topological polar surface area (TPSA) is 104 Å². The van der Waals surface area contributed by atoms with E-state index in [1.165, 1.54) is 5.39 Å². The molecule has 2 aromatic carbocycles. The number of hydrogen-bond acceptors (Lipinski definition) is 4. The first kappa shape index (κ1) is 23.3. The number of aromatic nitrogens is 2. The van der Waals surface area contributed by atoms with Crippen LogP contribution in [0.4, 0.5) is 4.79 Å². The van der Waals surface area contributed by atoms with Crippen LogP contribution < -0.4 is 5.32 Å². The fourth-order valence-electron chi connectivity index (χ4n) is 3.55. The number of aromatic amines is 1. The van der Waals surface area contributed by atoms with E-state index in [1.54, 1.807) is 6.20 Å². The molecule has 1 amide bonds. The van der Waals surface area contributed by atoms with E-state index in [9.17, 15) is 9.59 Å².